The summed E-state index contributed by atoms with van der Waals surface area (Å²) in [6.07, 6.45) is 0. The van der Waals surface area contributed by atoms with E-state index in [1.165, 1.54) is 14.2 Å². The van der Waals surface area contributed by atoms with Crippen LogP contribution in [0.4, 0.5) is 0 Å². The molecule has 0 fully saturated rings. The van der Waals surface area contributed by atoms with Crippen molar-refractivity contribution in [3.8, 4) is 11.8 Å². The number of hydrogen-bond donors (Lipinski definition) is 1. The molecule has 0 aliphatic carbocycles. The standard InChI is InChI=1S/C22H23N5O4/c1-30-19-9-8-17(21(24-19)31-2)22(29)26-10-11-27-16(14-26)12-18(25-27)20(28)23-13-15-6-4-3-5-7-15/h3-9,12H,10-11,13-14H2,1-2H3,(H,23,28). The van der Waals surface area contributed by atoms with Crippen molar-refractivity contribution in [2.75, 3.05) is 20.8 Å². The van der Waals surface area contributed by atoms with E-state index < -0.39 is 0 Å². The molecule has 9 nitrogen and oxygen atoms in total. The third kappa shape index (κ3) is 4.35. The molecule has 160 valence electrons. The first-order chi connectivity index (χ1) is 15.1. The molecule has 1 N–H and O–H groups in total. The Hall–Kier alpha value is -3.88. The highest BCUT2D eigenvalue weighted by molar-refractivity contribution is 5.96. The molecular formula is C22H23N5O4. The summed E-state index contributed by atoms with van der Waals surface area (Å²) in [7, 11) is 2.97. The molecule has 3 heterocycles. The van der Waals surface area contributed by atoms with Crippen LogP contribution in [0.5, 0.6) is 11.8 Å². The van der Waals surface area contributed by atoms with E-state index >= 15 is 0 Å². The molecule has 2 aromatic heterocycles. The van der Waals surface area contributed by atoms with E-state index in [9.17, 15) is 9.59 Å². The van der Waals surface area contributed by atoms with Crippen LogP contribution in [0.25, 0.3) is 0 Å². The first-order valence-corrected chi connectivity index (χ1v) is 9.86. The molecule has 0 atom stereocenters. The van der Waals surface area contributed by atoms with Gasteiger partial charge in [-0.05, 0) is 17.7 Å². The fraction of sp³-hybridized carbons (Fsp3) is 0.273. The smallest absolute Gasteiger partial charge is 0.272 e. The van der Waals surface area contributed by atoms with Gasteiger partial charge in [0.05, 0.1) is 33.0 Å². The van der Waals surface area contributed by atoms with Crippen molar-refractivity contribution in [3.63, 3.8) is 0 Å². The number of nitrogens with zero attached hydrogens (tertiary/aromatic N) is 4. The first kappa shape index (κ1) is 20.4. The average molecular weight is 421 g/mol. The SMILES string of the molecule is COc1ccc(C(=O)N2CCn3nc(C(=O)NCc4ccccc4)cc3C2)c(OC)n1. The molecule has 0 bridgehead atoms. The van der Waals surface area contributed by atoms with Gasteiger partial charge in [-0.15, -0.1) is 0 Å². The highest BCUT2D eigenvalue weighted by atomic mass is 16.5. The second-order valence-electron chi connectivity index (χ2n) is 7.05. The Morgan fingerprint density at radius 1 is 1.06 bits per heavy atom. The zero-order chi connectivity index (χ0) is 21.8. The van der Waals surface area contributed by atoms with Crippen LogP contribution in [0, 0.1) is 0 Å². The number of hydrogen-bond acceptors (Lipinski definition) is 6. The number of nitrogens with one attached hydrogen (secondary N) is 1. The lowest BCUT2D eigenvalue weighted by Crippen LogP contribution is -2.38. The summed E-state index contributed by atoms with van der Waals surface area (Å²) in [6, 6.07) is 14.7. The molecule has 31 heavy (non-hydrogen) atoms. The summed E-state index contributed by atoms with van der Waals surface area (Å²) in [4.78, 5) is 31.4. The Balaban J connectivity index is 1.45. The molecule has 4 rings (SSSR count). The molecule has 1 aliphatic rings. The Bertz CT molecular complexity index is 1100. The summed E-state index contributed by atoms with van der Waals surface area (Å²) < 4.78 is 12.1. The van der Waals surface area contributed by atoms with Crippen molar-refractivity contribution in [3.05, 3.63) is 71.0 Å². The Morgan fingerprint density at radius 2 is 1.87 bits per heavy atom. The van der Waals surface area contributed by atoms with E-state index in [2.05, 4.69) is 15.4 Å². The predicted molar refractivity (Wildman–Crippen MR) is 112 cm³/mol. The lowest BCUT2D eigenvalue weighted by Gasteiger charge is -2.28. The van der Waals surface area contributed by atoms with Gasteiger partial charge in [0.25, 0.3) is 11.8 Å². The summed E-state index contributed by atoms with van der Waals surface area (Å²) in [6.45, 7) is 1.73. The van der Waals surface area contributed by atoms with Gasteiger partial charge in [-0.1, -0.05) is 30.3 Å². The normalized spacial score (nSPS) is 12.8. The maximum absolute atomic E-state index is 13.0. The fourth-order valence-electron chi connectivity index (χ4n) is 3.45. The van der Waals surface area contributed by atoms with Crippen LogP contribution in [0.1, 0.15) is 32.1 Å². The lowest BCUT2D eigenvalue weighted by atomic mass is 10.2. The molecular weight excluding hydrogens is 398 g/mol. The molecule has 9 heteroatoms. The van der Waals surface area contributed by atoms with Gasteiger partial charge >= 0.3 is 0 Å². The molecule has 0 saturated heterocycles. The van der Waals surface area contributed by atoms with Crippen LogP contribution in [-0.2, 0) is 19.6 Å². The number of carbonyl (C=O) groups excluding carboxylic acids is 2. The quantitative estimate of drug-likeness (QED) is 0.653. The number of carbonyl (C=O) groups is 2. The highest BCUT2D eigenvalue weighted by Crippen LogP contribution is 2.23. The largest absolute Gasteiger partial charge is 0.481 e. The molecule has 2 amide bonds. The van der Waals surface area contributed by atoms with Gasteiger partial charge in [-0.3, -0.25) is 14.3 Å². The third-order valence-electron chi connectivity index (χ3n) is 5.08. The highest BCUT2D eigenvalue weighted by Gasteiger charge is 2.27. The molecule has 3 aromatic rings. The van der Waals surface area contributed by atoms with Crippen LogP contribution in [-0.4, -0.2) is 52.2 Å². The van der Waals surface area contributed by atoms with Crippen LogP contribution in [0.2, 0.25) is 0 Å². The average Bonchev–Trinajstić information content (AvgIpc) is 3.26. The molecule has 0 saturated carbocycles. The van der Waals surface area contributed by atoms with Crippen LogP contribution in [0.15, 0.2) is 48.5 Å². The number of aromatic nitrogens is 3. The molecule has 0 spiro atoms. The van der Waals surface area contributed by atoms with Gasteiger partial charge in [-0.2, -0.15) is 10.1 Å². The van der Waals surface area contributed by atoms with Gasteiger partial charge < -0.3 is 19.7 Å². The van der Waals surface area contributed by atoms with E-state index in [0.29, 0.717) is 43.3 Å². The molecule has 1 aliphatic heterocycles. The van der Waals surface area contributed by atoms with Crippen LogP contribution in [0.3, 0.4) is 0 Å². The van der Waals surface area contributed by atoms with Gasteiger partial charge in [0.2, 0.25) is 11.8 Å². The number of rotatable bonds is 6. The summed E-state index contributed by atoms with van der Waals surface area (Å²) in [5.41, 5.74) is 2.50. The summed E-state index contributed by atoms with van der Waals surface area (Å²) in [5.74, 6) is 0.139. The Labute approximate surface area is 179 Å². The monoisotopic (exact) mass is 421 g/mol. The van der Waals surface area contributed by atoms with E-state index in [1.54, 1.807) is 27.8 Å². The fourth-order valence-corrected chi connectivity index (χ4v) is 3.45. The second-order valence-corrected chi connectivity index (χ2v) is 7.05. The topological polar surface area (TPSA) is 98.6 Å². The minimum Gasteiger partial charge on any atom is -0.481 e. The van der Waals surface area contributed by atoms with Gasteiger partial charge in [0.1, 0.15) is 5.56 Å². The van der Waals surface area contributed by atoms with Crippen LogP contribution < -0.4 is 14.8 Å². The van der Waals surface area contributed by atoms with E-state index in [1.807, 2.05) is 30.3 Å². The van der Waals surface area contributed by atoms with E-state index in [0.717, 1.165) is 11.3 Å². The number of fused-ring (bicyclic) bond motifs is 1. The summed E-state index contributed by atoms with van der Waals surface area (Å²) in [5, 5.41) is 7.28. The zero-order valence-corrected chi connectivity index (χ0v) is 17.4. The van der Waals surface area contributed by atoms with Crippen molar-refractivity contribution < 1.29 is 19.1 Å². The Kier molecular flexibility index (Phi) is 5.83. The second kappa shape index (κ2) is 8.86. The minimum absolute atomic E-state index is 0.200. The van der Waals surface area contributed by atoms with E-state index in [4.69, 9.17) is 9.47 Å². The van der Waals surface area contributed by atoms with E-state index in [-0.39, 0.29) is 17.7 Å². The number of benzene rings is 1. The maximum Gasteiger partial charge on any atom is 0.272 e. The van der Waals surface area contributed by atoms with Crippen molar-refractivity contribution in [2.45, 2.75) is 19.6 Å². The molecule has 1 aromatic carbocycles. The maximum atomic E-state index is 13.0. The number of amides is 2. The molecule has 0 radical (unpaired) electrons. The number of pyridine rings is 1. The van der Waals surface area contributed by atoms with Gasteiger partial charge in [0.15, 0.2) is 5.69 Å². The van der Waals surface area contributed by atoms with Crippen LogP contribution >= 0.6 is 0 Å². The first-order valence-electron chi connectivity index (χ1n) is 9.86. The van der Waals surface area contributed by atoms with Crippen molar-refractivity contribution in [1.29, 1.82) is 0 Å². The third-order valence-corrected chi connectivity index (χ3v) is 5.08. The van der Waals surface area contributed by atoms with Crippen molar-refractivity contribution in [1.82, 2.24) is 25.0 Å². The number of ether oxygens (including phenoxy) is 2. The number of methoxy groups -OCH3 is 2. The summed E-state index contributed by atoms with van der Waals surface area (Å²) >= 11 is 0. The minimum atomic E-state index is -0.246. The van der Waals surface area contributed by atoms with Gasteiger partial charge in [0, 0.05) is 19.2 Å². The lowest BCUT2D eigenvalue weighted by molar-refractivity contribution is 0.0701. The predicted octanol–water partition coefficient (Wildman–Crippen LogP) is 1.88. The van der Waals surface area contributed by atoms with Crippen molar-refractivity contribution >= 4 is 11.8 Å². The molecule has 0 unspecified atom stereocenters. The van der Waals surface area contributed by atoms with Gasteiger partial charge in [-0.25, -0.2) is 0 Å². The van der Waals surface area contributed by atoms with Crippen molar-refractivity contribution in [2.24, 2.45) is 0 Å². The Morgan fingerprint density at radius 3 is 2.61 bits per heavy atom. The zero-order valence-electron chi connectivity index (χ0n) is 17.4.